The molecule has 3 aromatic rings. The quantitative estimate of drug-likeness (QED) is 0.629. The summed E-state index contributed by atoms with van der Waals surface area (Å²) in [7, 11) is -2.01. The van der Waals surface area contributed by atoms with Gasteiger partial charge in [0.05, 0.1) is 11.4 Å². The summed E-state index contributed by atoms with van der Waals surface area (Å²) in [6.07, 6.45) is 0. The first-order chi connectivity index (χ1) is 11.9. The Kier molecular flexibility index (Phi) is 4.95. The molecule has 0 aliphatic heterocycles. The van der Waals surface area contributed by atoms with Crippen LogP contribution in [0.4, 0.5) is 0 Å². The lowest BCUT2D eigenvalue weighted by Gasteiger charge is -1.98. The first-order valence-corrected chi connectivity index (χ1v) is 9.30. The molecule has 0 aliphatic rings. The fourth-order valence-electron chi connectivity index (χ4n) is 2.22. The van der Waals surface area contributed by atoms with Crippen molar-refractivity contribution < 1.29 is 22.1 Å². The maximum absolute atomic E-state index is 12.3. The summed E-state index contributed by atoms with van der Waals surface area (Å²) in [5.41, 5.74) is 2.15. The van der Waals surface area contributed by atoms with Crippen molar-refractivity contribution >= 4 is 9.84 Å². The number of benzene rings is 1. The molecule has 0 saturated heterocycles. The van der Waals surface area contributed by atoms with E-state index in [1.165, 1.54) is 7.11 Å². The number of methoxy groups -OCH3 is 1. The van der Waals surface area contributed by atoms with E-state index in [0.29, 0.717) is 11.5 Å². The van der Waals surface area contributed by atoms with Crippen molar-refractivity contribution in [2.45, 2.75) is 25.0 Å². The average Bonchev–Trinajstić information content (AvgIpc) is 3.17. The van der Waals surface area contributed by atoms with Crippen LogP contribution < -0.4 is 0 Å². The Balaban J connectivity index is 1.69. The third-order valence-electron chi connectivity index (χ3n) is 3.37. The highest BCUT2D eigenvalue weighted by atomic mass is 32.2. The Morgan fingerprint density at radius 2 is 1.88 bits per heavy atom. The Bertz CT molecular complexity index is 944. The molecule has 9 heteroatoms. The molecular weight excluding hydrogens is 346 g/mol. The topological polar surface area (TPSA) is 108 Å². The molecule has 25 heavy (non-hydrogen) atoms. The molecular formula is C16H17N3O5S. The highest BCUT2D eigenvalue weighted by Gasteiger charge is 2.20. The van der Waals surface area contributed by atoms with Gasteiger partial charge in [0, 0.05) is 18.7 Å². The maximum Gasteiger partial charge on any atom is 0.247 e. The van der Waals surface area contributed by atoms with Gasteiger partial charge < -0.3 is 13.7 Å². The zero-order chi connectivity index (χ0) is 17.9. The minimum Gasteiger partial charge on any atom is -0.420 e. The first-order valence-electron chi connectivity index (χ1n) is 7.48. The van der Waals surface area contributed by atoms with Crippen LogP contribution in [0.1, 0.15) is 22.9 Å². The van der Waals surface area contributed by atoms with Crippen molar-refractivity contribution in [1.82, 2.24) is 15.4 Å². The molecule has 0 spiro atoms. The Labute approximate surface area is 144 Å². The number of ether oxygens (including phenoxy) is 1. The van der Waals surface area contributed by atoms with Gasteiger partial charge in [-0.2, -0.15) is 0 Å². The minimum atomic E-state index is -3.52. The third-order valence-corrected chi connectivity index (χ3v) is 4.79. The molecule has 0 saturated carbocycles. The summed E-state index contributed by atoms with van der Waals surface area (Å²) in [6.45, 7) is 2.20. The largest absolute Gasteiger partial charge is 0.420 e. The number of aryl methyl sites for hydroxylation is 1. The Morgan fingerprint density at radius 3 is 2.60 bits per heavy atom. The number of rotatable bonds is 7. The van der Waals surface area contributed by atoms with Gasteiger partial charge in [0.1, 0.15) is 12.4 Å². The Morgan fingerprint density at radius 1 is 1.12 bits per heavy atom. The van der Waals surface area contributed by atoms with Crippen molar-refractivity contribution in [3.63, 3.8) is 0 Å². The summed E-state index contributed by atoms with van der Waals surface area (Å²) in [6, 6.07) is 9.06. The monoisotopic (exact) mass is 363 g/mol. The molecule has 132 valence electrons. The van der Waals surface area contributed by atoms with Gasteiger partial charge in [-0.3, -0.25) is 0 Å². The molecule has 0 aliphatic carbocycles. The van der Waals surface area contributed by atoms with Gasteiger partial charge in [0.2, 0.25) is 11.8 Å². The van der Waals surface area contributed by atoms with E-state index in [1.807, 2.05) is 31.2 Å². The molecule has 0 atom stereocenters. The fourth-order valence-corrected chi connectivity index (χ4v) is 3.40. The summed E-state index contributed by atoms with van der Waals surface area (Å²) in [5.74, 6) is 0.151. The molecule has 3 rings (SSSR count). The second-order valence-corrected chi connectivity index (χ2v) is 7.68. The molecule has 0 N–H and O–H groups in total. The highest BCUT2D eigenvalue weighted by Crippen LogP contribution is 2.20. The van der Waals surface area contributed by atoms with Crippen LogP contribution in [0, 0.1) is 6.92 Å². The van der Waals surface area contributed by atoms with Crippen LogP contribution in [0.2, 0.25) is 0 Å². The number of hydrogen-bond donors (Lipinski definition) is 0. The third kappa shape index (κ3) is 4.52. The van der Waals surface area contributed by atoms with Gasteiger partial charge in [-0.15, -0.1) is 10.2 Å². The first kappa shape index (κ1) is 17.3. The molecule has 0 amide bonds. The second-order valence-electron chi connectivity index (χ2n) is 5.62. The molecule has 0 fully saturated rings. The predicted molar refractivity (Wildman–Crippen MR) is 88.0 cm³/mol. The molecule has 0 radical (unpaired) electrons. The van der Waals surface area contributed by atoms with Crippen molar-refractivity contribution in [2.24, 2.45) is 0 Å². The fraction of sp³-hybridized carbons (Fsp3) is 0.312. The summed E-state index contributed by atoms with van der Waals surface area (Å²) < 4.78 is 39.9. The number of aromatic nitrogens is 3. The molecule has 0 unspecified atom stereocenters. The standard InChI is InChI=1S/C16H17N3O5S/c1-11-3-5-12(6-4-11)16-18-17-15(23-16)10-25(20,21)9-13-7-14(8-22-2)24-19-13/h3-7H,8-10H2,1-2H3. The lowest BCUT2D eigenvalue weighted by atomic mass is 10.1. The van der Waals surface area contributed by atoms with Crippen LogP contribution in [0.3, 0.4) is 0 Å². The van der Waals surface area contributed by atoms with Crippen molar-refractivity contribution in [3.05, 3.63) is 53.2 Å². The van der Waals surface area contributed by atoms with E-state index in [1.54, 1.807) is 6.07 Å². The van der Waals surface area contributed by atoms with Crippen LogP contribution in [0.15, 0.2) is 39.3 Å². The SMILES string of the molecule is COCc1cc(CS(=O)(=O)Cc2nnc(-c3ccc(C)cc3)o2)no1. The normalized spacial score (nSPS) is 11.8. The lowest BCUT2D eigenvalue weighted by molar-refractivity contribution is 0.156. The minimum absolute atomic E-state index is 0.0381. The zero-order valence-corrected chi connectivity index (χ0v) is 14.6. The Hall–Kier alpha value is -2.52. The van der Waals surface area contributed by atoms with Crippen molar-refractivity contribution in [2.75, 3.05) is 7.11 Å². The van der Waals surface area contributed by atoms with E-state index in [-0.39, 0.29) is 29.9 Å². The molecule has 2 aromatic heterocycles. The second kappa shape index (κ2) is 7.16. The number of sulfone groups is 1. The lowest BCUT2D eigenvalue weighted by Crippen LogP contribution is -2.08. The van der Waals surface area contributed by atoms with Crippen LogP contribution in [0.25, 0.3) is 11.5 Å². The smallest absolute Gasteiger partial charge is 0.247 e. The van der Waals surface area contributed by atoms with Gasteiger partial charge in [-0.1, -0.05) is 22.9 Å². The van der Waals surface area contributed by atoms with Crippen molar-refractivity contribution in [1.29, 1.82) is 0 Å². The molecule has 0 bridgehead atoms. The summed E-state index contributed by atoms with van der Waals surface area (Å²) in [4.78, 5) is 0. The van der Waals surface area contributed by atoms with E-state index in [4.69, 9.17) is 13.7 Å². The van der Waals surface area contributed by atoms with E-state index in [9.17, 15) is 8.42 Å². The van der Waals surface area contributed by atoms with Crippen LogP contribution in [0.5, 0.6) is 0 Å². The maximum atomic E-state index is 12.3. The van der Waals surface area contributed by atoms with Crippen LogP contribution >= 0.6 is 0 Å². The van der Waals surface area contributed by atoms with Gasteiger partial charge >= 0.3 is 0 Å². The number of nitrogens with zero attached hydrogens (tertiary/aromatic N) is 3. The molecule has 1 aromatic carbocycles. The van der Waals surface area contributed by atoms with E-state index < -0.39 is 9.84 Å². The molecule has 2 heterocycles. The summed E-state index contributed by atoms with van der Waals surface area (Å²) >= 11 is 0. The summed E-state index contributed by atoms with van der Waals surface area (Å²) in [5, 5.41) is 11.4. The number of hydrogen-bond acceptors (Lipinski definition) is 8. The van der Waals surface area contributed by atoms with Gasteiger partial charge in [0.15, 0.2) is 15.6 Å². The van der Waals surface area contributed by atoms with Crippen LogP contribution in [-0.2, 0) is 32.7 Å². The van der Waals surface area contributed by atoms with E-state index >= 15 is 0 Å². The van der Waals surface area contributed by atoms with E-state index in [2.05, 4.69) is 15.4 Å². The molecule has 8 nitrogen and oxygen atoms in total. The van der Waals surface area contributed by atoms with Crippen molar-refractivity contribution in [3.8, 4) is 11.5 Å². The van der Waals surface area contributed by atoms with Gasteiger partial charge in [0.25, 0.3) is 0 Å². The zero-order valence-electron chi connectivity index (χ0n) is 13.8. The predicted octanol–water partition coefficient (Wildman–Crippen LogP) is 2.29. The van der Waals surface area contributed by atoms with Crippen LogP contribution in [-0.4, -0.2) is 30.9 Å². The highest BCUT2D eigenvalue weighted by molar-refractivity contribution is 7.89. The van der Waals surface area contributed by atoms with Gasteiger partial charge in [-0.25, -0.2) is 8.42 Å². The average molecular weight is 363 g/mol. The van der Waals surface area contributed by atoms with Gasteiger partial charge in [-0.05, 0) is 19.1 Å². The van der Waals surface area contributed by atoms with E-state index in [0.717, 1.165) is 11.1 Å².